The molecule has 0 heterocycles. The zero-order valence-electron chi connectivity index (χ0n) is 12.5. The summed E-state index contributed by atoms with van der Waals surface area (Å²) < 4.78 is 5.22. The normalized spacial score (nSPS) is 12.1. The first-order valence-corrected chi connectivity index (χ1v) is 7.70. The molecule has 3 heteroatoms. The Kier molecular flexibility index (Phi) is 8.72. The smallest absolute Gasteiger partial charge is 0.307 e. The molecule has 0 aliphatic carbocycles. The van der Waals surface area contributed by atoms with Gasteiger partial charge in [-0.1, -0.05) is 69.4 Å². The van der Waals surface area contributed by atoms with Gasteiger partial charge in [-0.05, 0) is 12.0 Å². The van der Waals surface area contributed by atoms with E-state index in [1.807, 2.05) is 30.3 Å². The molecule has 0 spiro atoms. The fraction of sp³-hybridized carbons (Fsp3) is 0.588. The maximum absolute atomic E-state index is 11.7. The number of hydrogen-bond donors (Lipinski definition) is 1. The SMILES string of the molecule is CCCCCCCCOC(=O)CC(N)c1ccccc1. The van der Waals surface area contributed by atoms with Crippen LogP contribution in [0.1, 0.15) is 63.5 Å². The zero-order valence-corrected chi connectivity index (χ0v) is 12.5. The molecular formula is C17H27NO2. The maximum Gasteiger partial charge on any atom is 0.307 e. The first-order chi connectivity index (χ1) is 9.74. The number of hydrogen-bond acceptors (Lipinski definition) is 3. The van der Waals surface area contributed by atoms with Crippen molar-refractivity contribution in [2.45, 2.75) is 57.9 Å². The summed E-state index contributed by atoms with van der Waals surface area (Å²) in [6.07, 6.45) is 7.41. The molecule has 1 aromatic carbocycles. The molecule has 0 saturated carbocycles. The Bertz CT molecular complexity index is 365. The Hall–Kier alpha value is -1.35. The standard InChI is InChI=1S/C17H27NO2/c1-2-3-4-5-6-10-13-20-17(19)14-16(18)15-11-8-7-9-12-15/h7-9,11-12,16H,2-6,10,13-14,18H2,1H3. The second-order valence-corrected chi connectivity index (χ2v) is 5.21. The Labute approximate surface area is 122 Å². The van der Waals surface area contributed by atoms with Crippen LogP contribution in [0.15, 0.2) is 30.3 Å². The minimum atomic E-state index is -0.270. The summed E-state index contributed by atoms with van der Waals surface area (Å²) in [7, 11) is 0. The lowest BCUT2D eigenvalue weighted by atomic mass is 10.1. The zero-order chi connectivity index (χ0) is 14.6. The molecule has 112 valence electrons. The first kappa shape index (κ1) is 16.7. The molecule has 0 aromatic heterocycles. The van der Waals surface area contributed by atoms with Gasteiger partial charge < -0.3 is 10.5 Å². The van der Waals surface area contributed by atoms with Crippen molar-refractivity contribution < 1.29 is 9.53 Å². The summed E-state index contributed by atoms with van der Waals surface area (Å²) >= 11 is 0. The van der Waals surface area contributed by atoms with Gasteiger partial charge in [0.15, 0.2) is 0 Å². The number of benzene rings is 1. The van der Waals surface area contributed by atoms with Crippen molar-refractivity contribution in [3.63, 3.8) is 0 Å². The van der Waals surface area contributed by atoms with Crippen LogP contribution in [0.25, 0.3) is 0 Å². The van der Waals surface area contributed by atoms with E-state index in [-0.39, 0.29) is 18.4 Å². The van der Waals surface area contributed by atoms with E-state index >= 15 is 0 Å². The molecule has 1 aromatic rings. The Balaban J connectivity index is 2.08. The molecule has 2 N–H and O–H groups in total. The molecule has 0 aliphatic heterocycles. The van der Waals surface area contributed by atoms with Gasteiger partial charge in [0.05, 0.1) is 13.0 Å². The van der Waals surface area contributed by atoms with E-state index in [1.165, 1.54) is 25.7 Å². The van der Waals surface area contributed by atoms with Crippen molar-refractivity contribution in [3.05, 3.63) is 35.9 Å². The number of ether oxygens (including phenoxy) is 1. The van der Waals surface area contributed by atoms with E-state index in [4.69, 9.17) is 10.5 Å². The van der Waals surface area contributed by atoms with Crippen LogP contribution in [0.2, 0.25) is 0 Å². The summed E-state index contributed by atoms with van der Waals surface area (Å²) in [5, 5.41) is 0. The van der Waals surface area contributed by atoms with Gasteiger partial charge in [0.25, 0.3) is 0 Å². The van der Waals surface area contributed by atoms with Gasteiger partial charge in [-0.3, -0.25) is 4.79 Å². The second kappa shape index (κ2) is 10.4. The summed E-state index contributed by atoms with van der Waals surface area (Å²) in [5.74, 6) is -0.199. The van der Waals surface area contributed by atoms with E-state index < -0.39 is 0 Å². The molecule has 0 fully saturated rings. The van der Waals surface area contributed by atoms with E-state index in [9.17, 15) is 4.79 Å². The number of carbonyl (C=O) groups is 1. The second-order valence-electron chi connectivity index (χ2n) is 5.21. The molecule has 1 unspecified atom stereocenters. The predicted octanol–water partition coefficient (Wildman–Crippen LogP) is 3.98. The molecule has 0 bridgehead atoms. The van der Waals surface area contributed by atoms with Gasteiger partial charge in [-0.15, -0.1) is 0 Å². The average Bonchev–Trinajstić information content (AvgIpc) is 2.47. The topological polar surface area (TPSA) is 52.3 Å². The quantitative estimate of drug-likeness (QED) is 0.520. The van der Waals surface area contributed by atoms with Gasteiger partial charge in [0.1, 0.15) is 0 Å². The predicted molar refractivity (Wildman–Crippen MR) is 82.3 cm³/mol. The highest BCUT2D eigenvalue weighted by molar-refractivity contribution is 5.70. The van der Waals surface area contributed by atoms with Crippen molar-refractivity contribution in [1.82, 2.24) is 0 Å². The summed E-state index contributed by atoms with van der Waals surface area (Å²) in [4.78, 5) is 11.7. The molecule has 1 rings (SSSR count). The number of esters is 1. The molecule has 0 saturated heterocycles. The number of rotatable bonds is 10. The average molecular weight is 277 g/mol. The molecule has 0 aliphatic rings. The Morgan fingerprint density at radius 2 is 1.75 bits per heavy atom. The van der Waals surface area contributed by atoms with Gasteiger partial charge in [-0.2, -0.15) is 0 Å². The Morgan fingerprint density at radius 1 is 1.10 bits per heavy atom. The monoisotopic (exact) mass is 277 g/mol. The van der Waals surface area contributed by atoms with Crippen molar-refractivity contribution in [2.75, 3.05) is 6.61 Å². The lowest BCUT2D eigenvalue weighted by Gasteiger charge is -2.11. The van der Waals surface area contributed by atoms with E-state index in [0.717, 1.165) is 18.4 Å². The first-order valence-electron chi connectivity index (χ1n) is 7.70. The van der Waals surface area contributed by atoms with Gasteiger partial charge in [0, 0.05) is 6.04 Å². The highest BCUT2D eigenvalue weighted by atomic mass is 16.5. The van der Waals surface area contributed by atoms with Gasteiger partial charge in [-0.25, -0.2) is 0 Å². The fourth-order valence-electron chi connectivity index (χ4n) is 2.12. The number of nitrogens with two attached hydrogens (primary N) is 1. The van der Waals surface area contributed by atoms with Crippen molar-refractivity contribution in [1.29, 1.82) is 0 Å². The third-order valence-corrected chi connectivity index (χ3v) is 3.38. The minimum Gasteiger partial charge on any atom is -0.466 e. The largest absolute Gasteiger partial charge is 0.466 e. The number of carbonyl (C=O) groups excluding carboxylic acids is 1. The summed E-state index contributed by atoms with van der Waals surface area (Å²) in [6.45, 7) is 2.73. The highest BCUT2D eigenvalue weighted by Gasteiger charge is 2.12. The van der Waals surface area contributed by atoms with Crippen LogP contribution in [-0.4, -0.2) is 12.6 Å². The third kappa shape index (κ3) is 7.29. The van der Waals surface area contributed by atoms with E-state index in [1.54, 1.807) is 0 Å². The Morgan fingerprint density at radius 3 is 2.45 bits per heavy atom. The minimum absolute atomic E-state index is 0.199. The van der Waals surface area contributed by atoms with Crippen molar-refractivity contribution >= 4 is 5.97 Å². The van der Waals surface area contributed by atoms with Crippen LogP contribution < -0.4 is 5.73 Å². The fourth-order valence-corrected chi connectivity index (χ4v) is 2.12. The lowest BCUT2D eigenvalue weighted by molar-refractivity contribution is -0.144. The molecular weight excluding hydrogens is 250 g/mol. The molecule has 20 heavy (non-hydrogen) atoms. The lowest BCUT2D eigenvalue weighted by Crippen LogP contribution is -2.17. The highest BCUT2D eigenvalue weighted by Crippen LogP contribution is 2.14. The number of unbranched alkanes of at least 4 members (excludes halogenated alkanes) is 5. The summed E-state index contributed by atoms with van der Waals surface area (Å²) in [5.41, 5.74) is 6.96. The third-order valence-electron chi connectivity index (χ3n) is 3.38. The molecule has 0 radical (unpaired) electrons. The van der Waals surface area contributed by atoms with Crippen molar-refractivity contribution in [3.8, 4) is 0 Å². The maximum atomic E-state index is 11.7. The molecule has 1 atom stereocenters. The van der Waals surface area contributed by atoms with Crippen LogP contribution in [0.4, 0.5) is 0 Å². The molecule has 3 nitrogen and oxygen atoms in total. The summed E-state index contributed by atoms with van der Waals surface area (Å²) in [6, 6.07) is 9.39. The van der Waals surface area contributed by atoms with Crippen molar-refractivity contribution in [2.24, 2.45) is 5.73 Å². The van der Waals surface area contributed by atoms with Crippen LogP contribution in [0, 0.1) is 0 Å². The van der Waals surface area contributed by atoms with Gasteiger partial charge >= 0.3 is 5.97 Å². The molecule has 0 amide bonds. The van der Waals surface area contributed by atoms with Crippen LogP contribution >= 0.6 is 0 Å². The van der Waals surface area contributed by atoms with E-state index in [0.29, 0.717) is 6.61 Å². The van der Waals surface area contributed by atoms with Gasteiger partial charge in [0.2, 0.25) is 0 Å². The van der Waals surface area contributed by atoms with Crippen LogP contribution in [-0.2, 0) is 9.53 Å². The van der Waals surface area contributed by atoms with Crippen LogP contribution in [0.5, 0.6) is 0 Å². The van der Waals surface area contributed by atoms with Crippen LogP contribution in [0.3, 0.4) is 0 Å². The van der Waals surface area contributed by atoms with E-state index in [2.05, 4.69) is 6.92 Å².